The summed E-state index contributed by atoms with van der Waals surface area (Å²) in [5, 5.41) is 6.88. The lowest BCUT2D eigenvalue weighted by Crippen LogP contribution is -2.27. The fourth-order valence-electron chi connectivity index (χ4n) is 1.60. The minimum absolute atomic E-state index is 0.0688. The van der Waals surface area contributed by atoms with Crippen molar-refractivity contribution in [2.75, 3.05) is 18.5 Å². The molecule has 21 heavy (non-hydrogen) atoms. The highest BCUT2D eigenvalue weighted by atomic mass is 16.5. The number of hydrogen-bond acceptors (Lipinski definition) is 5. The predicted octanol–water partition coefficient (Wildman–Crippen LogP) is 1.85. The number of amides is 1. The van der Waals surface area contributed by atoms with Crippen molar-refractivity contribution < 1.29 is 14.3 Å². The molecule has 0 saturated carbocycles. The Bertz CT molecular complexity index is 527. The van der Waals surface area contributed by atoms with Gasteiger partial charge in [-0.25, -0.2) is 5.43 Å². The average Bonchev–Trinajstić information content (AvgIpc) is 2.44. The molecule has 2 N–H and O–H groups in total. The number of carbonyl (C=O) groups excluding carboxylic acids is 2. The second-order valence-electron chi connectivity index (χ2n) is 4.53. The number of hydrogen-bond donors (Lipinski definition) is 2. The summed E-state index contributed by atoms with van der Waals surface area (Å²) in [5.41, 5.74) is 4.86. The van der Waals surface area contributed by atoms with Gasteiger partial charge in [0.2, 0.25) is 0 Å². The number of nitrogens with zero attached hydrogens (tertiary/aromatic N) is 1. The van der Waals surface area contributed by atoms with E-state index < -0.39 is 0 Å². The molecule has 0 aromatic heterocycles. The van der Waals surface area contributed by atoms with Crippen LogP contribution in [0.25, 0.3) is 0 Å². The van der Waals surface area contributed by atoms with Crippen LogP contribution in [0.1, 0.15) is 25.8 Å². The number of rotatable bonds is 7. The van der Waals surface area contributed by atoms with Crippen molar-refractivity contribution in [2.24, 2.45) is 5.10 Å². The van der Waals surface area contributed by atoms with Gasteiger partial charge in [0.1, 0.15) is 0 Å². The van der Waals surface area contributed by atoms with Gasteiger partial charge < -0.3 is 10.1 Å². The van der Waals surface area contributed by atoms with Gasteiger partial charge in [-0.15, -0.1) is 0 Å². The van der Waals surface area contributed by atoms with E-state index in [2.05, 4.69) is 15.8 Å². The summed E-state index contributed by atoms with van der Waals surface area (Å²) in [4.78, 5) is 22.9. The van der Waals surface area contributed by atoms with E-state index in [1.807, 2.05) is 31.2 Å². The molecule has 0 bridgehead atoms. The fourth-order valence-corrected chi connectivity index (χ4v) is 1.60. The third-order valence-electron chi connectivity index (χ3n) is 2.66. The first kappa shape index (κ1) is 16.7. The van der Waals surface area contributed by atoms with E-state index in [4.69, 9.17) is 4.74 Å². The van der Waals surface area contributed by atoms with Crippen LogP contribution in [0.3, 0.4) is 0 Å². The summed E-state index contributed by atoms with van der Waals surface area (Å²) in [6.45, 7) is 5.80. The highest BCUT2D eigenvalue weighted by Gasteiger charge is 2.05. The van der Waals surface area contributed by atoms with Gasteiger partial charge in [0.05, 0.1) is 19.6 Å². The van der Waals surface area contributed by atoms with Crippen LogP contribution >= 0.6 is 0 Å². The Kier molecular flexibility index (Phi) is 6.94. The minimum atomic E-state index is -0.356. The zero-order valence-electron chi connectivity index (χ0n) is 12.6. The lowest BCUT2D eigenvalue weighted by molar-refractivity contribution is -0.141. The number of benzene rings is 1. The van der Waals surface area contributed by atoms with Crippen molar-refractivity contribution in [3.8, 4) is 0 Å². The zero-order valence-corrected chi connectivity index (χ0v) is 12.6. The molecule has 0 aliphatic heterocycles. The number of ether oxygens (including phenoxy) is 1. The number of carbonyl (C=O) groups is 2. The summed E-state index contributed by atoms with van der Waals surface area (Å²) < 4.78 is 4.79. The fraction of sp³-hybridized carbons (Fsp3) is 0.400. The molecule has 114 valence electrons. The van der Waals surface area contributed by atoms with Crippen molar-refractivity contribution in [1.82, 2.24) is 5.43 Å². The Balaban J connectivity index is 2.37. The van der Waals surface area contributed by atoms with Crippen LogP contribution in [0.4, 0.5) is 5.69 Å². The number of anilines is 1. The van der Waals surface area contributed by atoms with E-state index in [-0.39, 0.29) is 24.8 Å². The molecule has 0 radical (unpaired) electrons. The Morgan fingerprint density at radius 3 is 2.67 bits per heavy atom. The van der Waals surface area contributed by atoms with Crippen molar-refractivity contribution in [1.29, 1.82) is 0 Å². The molecule has 0 heterocycles. The summed E-state index contributed by atoms with van der Waals surface area (Å²) in [7, 11) is 0. The standard InChI is InChI=1S/C15H21N3O3/c1-4-21-15(20)9-12(3)17-18-14(19)10-16-13-8-6-5-7-11(13)2/h5-8,16H,4,9-10H2,1-3H3,(H,18,19)/b17-12-. The van der Waals surface area contributed by atoms with Crippen LogP contribution in [0.2, 0.25) is 0 Å². The second kappa shape index (κ2) is 8.73. The molecule has 0 atom stereocenters. The van der Waals surface area contributed by atoms with Crippen molar-refractivity contribution >= 4 is 23.3 Å². The Morgan fingerprint density at radius 1 is 1.29 bits per heavy atom. The second-order valence-corrected chi connectivity index (χ2v) is 4.53. The van der Waals surface area contributed by atoms with E-state index in [1.54, 1.807) is 13.8 Å². The van der Waals surface area contributed by atoms with Gasteiger partial charge >= 0.3 is 5.97 Å². The predicted molar refractivity (Wildman–Crippen MR) is 82.2 cm³/mol. The first-order valence-corrected chi connectivity index (χ1v) is 6.80. The highest BCUT2D eigenvalue weighted by Crippen LogP contribution is 2.12. The summed E-state index contributed by atoms with van der Waals surface area (Å²) in [6.07, 6.45) is 0.0688. The van der Waals surface area contributed by atoms with Gasteiger partial charge in [-0.2, -0.15) is 5.10 Å². The molecule has 1 rings (SSSR count). The first-order chi connectivity index (χ1) is 10.0. The number of hydrazone groups is 1. The lowest BCUT2D eigenvalue weighted by atomic mass is 10.2. The minimum Gasteiger partial charge on any atom is -0.466 e. The van der Waals surface area contributed by atoms with Crippen molar-refractivity contribution in [3.63, 3.8) is 0 Å². The molecule has 6 nitrogen and oxygen atoms in total. The molecule has 0 fully saturated rings. The van der Waals surface area contributed by atoms with Crippen LogP contribution in [-0.4, -0.2) is 30.7 Å². The molecule has 0 spiro atoms. The van der Waals surface area contributed by atoms with Crippen LogP contribution < -0.4 is 10.7 Å². The largest absolute Gasteiger partial charge is 0.466 e. The van der Waals surface area contributed by atoms with E-state index in [0.29, 0.717) is 12.3 Å². The molecule has 0 saturated heterocycles. The Hall–Kier alpha value is -2.37. The number of para-hydroxylation sites is 1. The lowest BCUT2D eigenvalue weighted by Gasteiger charge is -2.08. The molecular weight excluding hydrogens is 270 g/mol. The normalized spacial score (nSPS) is 10.9. The van der Waals surface area contributed by atoms with Gasteiger partial charge in [0.15, 0.2) is 0 Å². The SMILES string of the molecule is CCOC(=O)C/C(C)=N\NC(=O)CNc1ccccc1C. The molecule has 1 aromatic carbocycles. The van der Waals surface area contributed by atoms with Gasteiger partial charge in [-0.1, -0.05) is 18.2 Å². The van der Waals surface area contributed by atoms with E-state index in [9.17, 15) is 9.59 Å². The van der Waals surface area contributed by atoms with E-state index in [0.717, 1.165) is 11.3 Å². The molecule has 1 amide bonds. The van der Waals surface area contributed by atoms with Gasteiger partial charge in [0.25, 0.3) is 5.91 Å². The maximum Gasteiger partial charge on any atom is 0.311 e. The number of aryl methyl sites for hydroxylation is 1. The zero-order chi connectivity index (χ0) is 15.7. The molecular formula is C15H21N3O3. The van der Waals surface area contributed by atoms with Gasteiger partial charge in [-0.3, -0.25) is 9.59 Å². The maximum atomic E-state index is 11.6. The highest BCUT2D eigenvalue weighted by molar-refractivity contribution is 5.98. The molecule has 1 aromatic rings. The average molecular weight is 291 g/mol. The quantitative estimate of drug-likeness (QED) is 0.456. The maximum absolute atomic E-state index is 11.6. The number of nitrogens with one attached hydrogen (secondary N) is 2. The van der Waals surface area contributed by atoms with Gasteiger partial charge in [-0.05, 0) is 32.4 Å². The summed E-state index contributed by atoms with van der Waals surface area (Å²) in [6, 6.07) is 7.69. The summed E-state index contributed by atoms with van der Waals surface area (Å²) in [5.74, 6) is -0.632. The molecule has 0 unspecified atom stereocenters. The van der Waals surface area contributed by atoms with E-state index in [1.165, 1.54) is 0 Å². The first-order valence-electron chi connectivity index (χ1n) is 6.80. The van der Waals surface area contributed by atoms with Crippen molar-refractivity contribution in [2.45, 2.75) is 27.2 Å². The van der Waals surface area contributed by atoms with Gasteiger partial charge in [0, 0.05) is 11.4 Å². The third-order valence-corrected chi connectivity index (χ3v) is 2.66. The smallest absolute Gasteiger partial charge is 0.311 e. The Morgan fingerprint density at radius 2 is 2.00 bits per heavy atom. The topological polar surface area (TPSA) is 79.8 Å². The van der Waals surface area contributed by atoms with Crippen LogP contribution in [0, 0.1) is 6.92 Å². The number of esters is 1. The van der Waals surface area contributed by atoms with Crippen LogP contribution in [0.5, 0.6) is 0 Å². The molecule has 6 heteroatoms. The van der Waals surface area contributed by atoms with Crippen LogP contribution in [-0.2, 0) is 14.3 Å². The molecule has 0 aliphatic carbocycles. The van der Waals surface area contributed by atoms with E-state index >= 15 is 0 Å². The summed E-state index contributed by atoms with van der Waals surface area (Å²) >= 11 is 0. The third kappa shape index (κ3) is 6.56. The van der Waals surface area contributed by atoms with Crippen molar-refractivity contribution in [3.05, 3.63) is 29.8 Å². The Labute approximate surface area is 124 Å². The molecule has 0 aliphatic rings. The monoisotopic (exact) mass is 291 g/mol. The van der Waals surface area contributed by atoms with Crippen LogP contribution in [0.15, 0.2) is 29.4 Å².